The fraction of sp³-hybridized carbons (Fsp3) is 0.385. The minimum absolute atomic E-state index is 0.113. The number of benzene rings is 1. The first-order chi connectivity index (χ1) is 15.9. The van der Waals surface area contributed by atoms with E-state index in [0.717, 1.165) is 11.5 Å². The summed E-state index contributed by atoms with van der Waals surface area (Å²) < 4.78 is 50.7. The zero-order chi connectivity index (χ0) is 25.5. The number of fused-ring (bicyclic) bond motifs is 1. The smallest absolute Gasteiger partial charge is 0.392 e. The zero-order valence-corrected chi connectivity index (χ0v) is 19.8. The maximum atomic E-state index is 12.9. The van der Waals surface area contributed by atoms with Crippen molar-refractivity contribution in [1.82, 2.24) is 4.57 Å². The van der Waals surface area contributed by atoms with Crippen LogP contribution in [0, 0.1) is 12.3 Å². The van der Waals surface area contributed by atoms with Gasteiger partial charge in [0.05, 0.1) is 24.1 Å². The van der Waals surface area contributed by atoms with Crippen LogP contribution in [-0.2, 0) is 16.0 Å². The van der Waals surface area contributed by atoms with E-state index in [1.165, 1.54) is 6.08 Å². The molecule has 0 atom stereocenters. The summed E-state index contributed by atoms with van der Waals surface area (Å²) in [5, 5.41) is 0.737. The Kier molecular flexibility index (Phi) is 8.74. The molecule has 182 valence electrons. The number of aliphatic imine (C=N–C) groups is 1. The summed E-state index contributed by atoms with van der Waals surface area (Å²) in [4.78, 5) is 17.5. The first-order valence-corrected chi connectivity index (χ1v) is 10.7. The number of terminal acetylenes is 1. The second-order valence-electron chi connectivity index (χ2n) is 8.31. The van der Waals surface area contributed by atoms with Gasteiger partial charge in [-0.2, -0.15) is 13.2 Å². The van der Waals surface area contributed by atoms with Crippen molar-refractivity contribution in [2.45, 2.75) is 52.4 Å². The predicted molar refractivity (Wildman–Crippen MR) is 128 cm³/mol. The molecule has 1 aliphatic rings. The summed E-state index contributed by atoms with van der Waals surface area (Å²) in [5.74, 6) is 1.97. The lowest BCUT2D eigenvalue weighted by Gasteiger charge is -2.12. The van der Waals surface area contributed by atoms with Crippen LogP contribution < -0.4 is 0 Å². The predicted octanol–water partition coefficient (Wildman–Crippen LogP) is 6.08. The average molecular weight is 475 g/mol. The molecule has 2 aromatic rings. The fourth-order valence-corrected chi connectivity index (χ4v) is 3.41. The Bertz CT molecular complexity index is 1150. The van der Waals surface area contributed by atoms with Gasteiger partial charge in [0, 0.05) is 17.4 Å². The average Bonchev–Trinajstić information content (AvgIpc) is 3.29. The zero-order valence-electron chi connectivity index (χ0n) is 19.8. The minimum Gasteiger partial charge on any atom is -0.475 e. The van der Waals surface area contributed by atoms with Gasteiger partial charge in [0.15, 0.2) is 0 Å². The highest BCUT2D eigenvalue weighted by molar-refractivity contribution is 6.15. The number of ether oxygens (including phenoxy) is 2. The highest BCUT2D eigenvalue weighted by Gasteiger charge is 2.34. The Balaban J connectivity index is 0.000000945. The number of allylic oxidation sites excluding steroid dienone is 3. The van der Waals surface area contributed by atoms with Gasteiger partial charge in [0.25, 0.3) is 0 Å². The van der Waals surface area contributed by atoms with Crippen LogP contribution in [0.15, 0.2) is 53.6 Å². The molecule has 0 spiro atoms. The van der Waals surface area contributed by atoms with Crippen LogP contribution in [0.2, 0.25) is 0 Å². The normalized spacial score (nSPS) is 15.0. The summed E-state index contributed by atoms with van der Waals surface area (Å²) in [6, 6.07) is 7.31. The van der Waals surface area contributed by atoms with E-state index in [-0.39, 0.29) is 18.8 Å². The van der Waals surface area contributed by atoms with Gasteiger partial charge in [-0.3, -0.25) is 0 Å². The van der Waals surface area contributed by atoms with E-state index in [1.54, 1.807) is 18.4 Å². The first-order valence-electron chi connectivity index (χ1n) is 10.7. The molecular weight excluding hydrogens is 445 g/mol. The molecule has 8 heteroatoms. The van der Waals surface area contributed by atoms with Crippen LogP contribution in [-0.4, -0.2) is 41.4 Å². The third kappa shape index (κ3) is 6.77. The van der Waals surface area contributed by atoms with Crippen LogP contribution in [0.4, 0.5) is 13.2 Å². The molecule has 34 heavy (non-hydrogen) atoms. The topological polar surface area (TPSA) is 52.8 Å². The van der Waals surface area contributed by atoms with Gasteiger partial charge in [-0.25, -0.2) is 9.79 Å². The van der Waals surface area contributed by atoms with E-state index in [9.17, 15) is 18.0 Å². The van der Waals surface area contributed by atoms with Gasteiger partial charge >= 0.3 is 12.1 Å². The molecule has 0 fully saturated rings. The van der Waals surface area contributed by atoms with Crippen molar-refractivity contribution in [3.63, 3.8) is 0 Å². The number of nitrogens with zero attached hydrogens (tertiary/aromatic N) is 2. The number of esters is 1. The molecule has 0 N–H and O–H groups in total. The van der Waals surface area contributed by atoms with Gasteiger partial charge in [0.2, 0.25) is 5.90 Å². The summed E-state index contributed by atoms with van der Waals surface area (Å²) in [6.07, 6.45) is 1.89. The third-order valence-corrected chi connectivity index (χ3v) is 4.83. The number of carbonyl (C=O) groups is 1. The molecule has 0 unspecified atom stereocenters. The molecule has 3 rings (SSSR count). The van der Waals surface area contributed by atoms with E-state index < -0.39 is 24.1 Å². The monoisotopic (exact) mass is 474 g/mol. The van der Waals surface area contributed by atoms with E-state index in [1.807, 2.05) is 38.1 Å². The highest BCUT2D eigenvalue weighted by Crippen LogP contribution is 2.32. The molecule has 1 aromatic heterocycles. The molecule has 1 aromatic carbocycles. The van der Waals surface area contributed by atoms with Crippen LogP contribution >= 0.6 is 0 Å². The molecule has 0 saturated carbocycles. The number of hydrogen-bond acceptors (Lipinski definition) is 4. The minimum atomic E-state index is -4.28. The Hall–Kier alpha value is -3.47. The summed E-state index contributed by atoms with van der Waals surface area (Å²) in [5.41, 5.74) is 1.49. The van der Waals surface area contributed by atoms with Gasteiger partial charge in [-0.15, -0.1) is 6.42 Å². The van der Waals surface area contributed by atoms with Gasteiger partial charge < -0.3 is 14.0 Å². The van der Waals surface area contributed by atoms with Crippen molar-refractivity contribution in [3.05, 3.63) is 59.8 Å². The number of para-hydroxylation sites is 1. The number of rotatable bonds is 6. The number of halogens is 3. The number of carbonyl (C=O) groups excluding carboxylic acids is 1. The molecule has 2 heterocycles. The quantitative estimate of drug-likeness (QED) is 0.290. The lowest BCUT2D eigenvalue weighted by molar-refractivity contribution is -0.125. The van der Waals surface area contributed by atoms with Crippen molar-refractivity contribution < 1.29 is 27.4 Å². The molecule has 0 radical (unpaired) electrons. The molecular formula is C26H29F3N2O3. The molecule has 0 aliphatic carbocycles. The molecule has 0 saturated heterocycles. The second-order valence-corrected chi connectivity index (χ2v) is 8.31. The van der Waals surface area contributed by atoms with E-state index in [4.69, 9.17) is 9.47 Å². The van der Waals surface area contributed by atoms with Crippen LogP contribution in [0.25, 0.3) is 10.9 Å². The van der Waals surface area contributed by atoms with Crippen molar-refractivity contribution in [3.8, 4) is 12.3 Å². The maximum absolute atomic E-state index is 12.9. The molecule has 5 nitrogen and oxygen atoms in total. The molecule has 1 aliphatic heterocycles. The van der Waals surface area contributed by atoms with Crippen molar-refractivity contribution in [1.29, 1.82) is 0 Å². The first kappa shape index (κ1) is 26.8. The van der Waals surface area contributed by atoms with Crippen molar-refractivity contribution >= 4 is 22.8 Å². The van der Waals surface area contributed by atoms with Gasteiger partial charge in [-0.1, -0.05) is 42.3 Å². The lowest BCUT2D eigenvalue weighted by Crippen LogP contribution is -2.17. The van der Waals surface area contributed by atoms with E-state index >= 15 is 0 Å². The van der Waals surface area contributed by atoms with Crippen molar-refractivity contribution in [2.75, 3.05) is 13.2 Å². The second kappa shape index (κ2) is 11.1. The van der Waals surface area contributed by atoms with E-state index in [0.29, 0.717) is 29.2 Å². The van der Waals surface area contributed by atoms with Gasteiger partial charge in [-0.05, 0) is 39.8 Å². The molecule has 0 amide bonds. The fourth-order valence-electron chi connectivity index (χ4n) is 3.41. The SMILES string of the molecule is C#CC=C.CCOC(=O)c1c(C2=NC(C)(C)CO2)c2ccccc2n1C/C(C)=C/CC(F)(F)F. The third-order valence-electron chi connectivity index (χ3n) is 4.83. The van der Waals surface area contributed by atoms with Crippen LogP contribution in [0.3, 0.4) is 0 Å². The Morgan fingerprint density at radius 1 is 1.38 bits per heavy atom. The van der Waals surface area contributed by atoms with Crippen molar-refractivity contribution in [2.24, 2.45) is 4.99 Å². The van der Waals surface area contributed by atoms with Gasteiger partial charge in [0.1, 0.15) is 12.3 Å². The summed E-state index contributed by atoms with van der Waals surface area (Å²) in [7, 11) is 0. The van der Waals surface area contributed by atoms with Crippen LogP contribution in [0.5, 0.6) is 0 Å². The highest BCUT2D eigenvalue weighted by atomic mass is 19.4. The summed E-state index contributed by atoms with van der Waals surface area (Å²) >= 11 is 0. The van der Waals surface area contributed by atoms with E-state index in [2.05, 4.69) is 23.9 Å². The lowest BCUT2D eigenvalue weighted by atomic mass is 10.1. The Morgan fingerprint density at radius 3 is 2.56 bits per heavy atom. The number of hydrogen-bond donors (Lipinski definition) is 0. The Labute approximate surface area is 198 Å². The largest absolute Gasteiger partial charge is 0.475 e. The summed E-state index contributed by atoms with van der Waals surface area (Å²) in [6.45, 7) is 11.1. The maximum Gasteiger partial charge on any atom is 0.392 e. The number of aromatic nitrogens is 1. The Morgan fingerprint density at radius 2 is 2.03 bits per heavy atom. The van der Waals surface area contributed by atoms with Crippen LogP contribution in [0.1, 0.15) is 50.2 Å². The number of alkyl halides is 3. The standard InChI is InChI=1S/C22H25F3N2O3.C4H4/c1-5-29-20(28)18-17(19-26-21(3,4)13-30-19)15-8-6-7-9-16(15)27(18)12-14(2)10-11-22(23,24)25;1-3-4-2/h6-10H,5,11-13H2,1-4H3;1,4H,2H2/b14-10+;. The molecule has 0 bridgehead atoms.